The molecule has 1 aliphatic rings. The molecule has 1 heterocycles. The van der Waals surface area contributed by atoms with Gasteiger partial charge in [-0.05, 0) is 18.8 Å². The Morgan fingerprint density at radius 1 is 1.59 bits per heavy atom. The smallest absolute Gasteiger partial charge is 0.186 e. The highest BCUT2D eigenvalue weighted by atomic mass is 35.5. The fraction of sp³-hybridized carbons (Fsp3) is 0.727. The number of thiazole rings is 1. The van der Waals surface area contributed by atoms with E-state index >= 15 is 0 Å². The van der Waals surface area contributed by atoms with Crippen LogP contribution in [0.1, 0.15) is 17.7 Å². The van der Waals surface area contributed by atoms with Gasteiger partial charge in [-0.25, -0.2) is 4.98 Å². The zero-order valence-electron chi connectivity index (χ0n) is 9.86. The number of rotatable bonds is 7. The maximum Gasteiger partial charge on any atom is 0.186 e. The minimum Gasteiger partial charge on any atom is -0.391 e. The van der Waals surface area contributed by atoms with E-state index in [0.29, 0.717) is 16.6 Å². The SMILES string of the molecule is CN(CCOCC1CC1)c1nc(Cl)c(CO)s1. The van der Waals surface area contributed by atoms with Gasteiger partial charge in [0.05, 0.1) is 18.1 Å². The Balaban J connectivity index is 1.74. The summed E-state index contributed by atoms with van der Waals surface area (Å²) in [5, 5.41) is 10.3. The van der Waals surface area contributed by atoms with Crippen molar-refractivity contribution in [2.24, 2.45) is 5.92 Å². The molecule has 1 aromatic heterocycles. The van der Waals surface area contributed by atoms with E-state index in [1.54, 1.807) is 0 Å². The quantitative estimate of drug-likeness (QED) is 0.775. The molecule has 2 rings (SSSR count). The maximum absolute atomic E-state index is 9.04. The lowest BCUT2D eigenvalue weighted by Gasteiger charge is -2.15. The molecule has 4 nitrogen and oxygen atoms in total. The van der Waals surface area contributed by atoms with Gasteiger partial charge in [-0.1, -0.05) is 22.9 Å². The molecule has 1 fully saturated rings. The number of halogens is 1. The average molecular weight is 277 g/mol. The molecule has 1 saturated carbocycles. The summed E-state index contributed by atoms with van der Waals surface area (Å²) in [6.45, 7) is 2.33. The summed E-state index contributed by atoms with van der Waals surface area (Å²) in [5.41, 5.74) is 0. The predicted octanol–water partition coefficient (Wildman–Crippen LogP) is 2.15. The molecule has 1 aromatic rings. The van der Waals surface area contributed by atoms with E-state index in [1.807, 2.05) is 11.9 Å². The predicted molar refractivity (Wildman–Crippen MR) is 69.9 cm³/mol. The maximum atomic E-state index is 9.04. The molecule has 0 amide bonds. The fourth-order valence-corrected chi connectivity index (χ4v) is 2.52. The van der Waals surface area contributed by atoms with E-state index in [2.05, 4.69) is 4.98 Å². The second-order valence-corrected chi connectivity index (χ2v) is 5.73. The van der Waals surface area contributed by atoms with Crippen molar-refractivity contribution in [3.8, 4) is 0 Å². The van der Waals surface area contributed by atoms with Crippen LogP contribution in [-0.4, -0.2) is 36.9 Å². The first kappa shape index (κ1) is 13.1. The lowest BCUT2D eigenvalue weighted by atomic mass is 10.5. The highest BCUT2D eigenvalue weighted by molar-refractivity contribution is 7.16. The monoisotopic (exact) mass is 276 g/mol. The minimum absolute atomic E-state index is 0.0531. The summed E-state index contributed by atoms with van der Waals surface area (Å²) in [7, 11) is 1.96. The number of nitrogens with zero attached hydrogens (tertiary/aromatic N) is 2. The molecular weight excluding hydrogens is 260 g/mol. The third kappa shape index (κ3) is 3.81. The first-order valence-corrected chi connectivity index (χ1v) is 6.95. The molecule has 6 heteroatoms. The van der Waals surface area contributed by atoms with Crippen LogP contribution in [0, 0.1) is 5.92 Å². The second kappa shape index (κ2) is 6.00. The molecule has 0 spiro atoms. The van der Waals surface area contributed by atoms with Gasteiger partial charge < -0.3 is 14.7 Å². The van der Waals surface area contributed by atoms with Crippen molar-refractivity contribution in [1.29, 1.82) is 0 Å². The molecule has 0 aliphatic heterocycles. The van der Waals surface area contributed by atoms with Crippen LogP contribution in [0.15, 0.2) is 0 Å². The van der Waals surface area contributed by atoms with E-state index in [-0.39, 0.29) is 6.61 Å². The second-order valence-electron chi connectivity index (χ2n) is 4.31. The van der Waals surface area contributed by atoms with E-state index in [1.165, 1.54) is 24.2 Å². The summed E-state index contributed by atoms with van der Waals surface area (Å²) in [5.74, 6) is 0.801. The zero-order valence-corrected chi connectivity index (χ0v) is 11.4. The van der Waals surface area contributed by atoms with Crippen molar-refractivity contribution in [2.75, 3.05) is 31.7 Å². The standard InChI is InChI=1S/C11H17ClN2O2S/c1-14(4-5-16-7-8-2-3-8)11-13-10(12)9(6-15)17-11/h8,15H,2-7H2,1H3. The molecule has 0 atom stereocenters. The highest BCUT2D eigenvalue weighted by Crippen LogP contribution is 2.29. The van der Waals surface area contributed by atoms with Gasteiger partial charge in [0.25, 0.3) is 0 Å². The molecule has 96 valence electrons. The Kier molecular flexibility index (Phi) is 4.62. The van der Waals surface area contributed by atoms with Crippen molar-refractivity contribution < 1.29 is 9.84 Å². The van der Waals surface area contributed by atoms with E-state index in [0.717, 1.165) is 24.2 Å². The van der Waals surface area contributed by atoms with Crippen molar-refractivity contribution in [3.63, 3.8) is 0 Å². The van der Waals surface area contributed by atoms with E-state index < -0.39 is 0 Å². The van der Waals surface area contributed by atoms with E-state index in [9.17, 15) is 0 Å². The van der Waals surface area contributed by atoms with Crippen LogP contribution >= 0.6 is 22.9 Å². The Morgan fingerprint density at radius 3 is 2.94 bits per heavy atom. The van der Waals surface area contributed by atoms with Crippen molar-refractivity contribution in [1.82, 2.24) is 4.98 Å². The normalized spacial score (nSPS) is 15.2. The number of hydrogen-bond donors (Lipinski definition) is 1. The Hall–Kier alpha value is -0.360. The summed E-state index contributed by atoms with van der Waals surface area (Å²) >= 11 is 7.30. The first-order chi connectivity index (χ1) is 8.20. The van der Waals surface area contributed by atoms with Gasteiger partial charge in [-0.3, -0.25) is 0 Å². The van der Waals surface area contributed by atoms with Crippen molar-refractivity contribution >= 4 is 28.1 Å². The summed E-state index contributed by atoms with van der Waals surface area (Å²) < 4.78 is 5.57. The van der Waals surface area contributed by atoms with Gasteiger partial charge in [0, 0.05) is 20.2 Å². The van der Waals surface area contributed by atoms with Gasteiger partial charge >= 0.3 is 0 Å². The molecule has 0 aromatic carbocycles. The molecule has 0 radical (unpaired) electrons. The number of likely N-dealkylation sites (N-methyl/N-ethyl adjacent to an activating group) is 1. The Labute approximate surface area is 110 Å². The summed E-state index contributed by atoms with van der Waals surface area (Å²) in [6, 6.07) is 0. The average Bonchev–Trinajstić information content (AvgIpc) is 3.06. The van der Waals surface area contributed by atoms with Gasteiger partial charge in [-0.2, -0.15) is 0 Å². The molecule has 0 bridgehead atoms. The lowest BCUT2D eigenvalue weighted by molar-refractivity contribution is 0.131. The largest absolute Gasteiger partial charge is 0.391 e. The van der Waals surface area contributed by atoms with Gasteiger partial charge in [-0.15, -0.1) is 0 Å². The summed E-state index contributed by atoms with van der Waals surface area (Å²) in [6.07, 6.45) is 2.63. The minimum atomic E-state index is -0.0531. The van der Waals surface area contributed by atoms with Crippen LogP contribution in [0.3, 0.4) is 0 Å². The van der Waals surface area contributed by atoms with Gasteiger partial charge in [0.15, 0.2) is 5.13 Å². The lowest BCUT2D eigenvalue weighted by Crippen LogP contribution is -2.22. The van der Waals surface area contributed by atoms with Gasteiger partial charge in [0.1, 0.15) is 5.15 Å². The zero-order chi connectivity index (χ0) is 12.3. The third-order valence-corrected chi connectivity index (χ3v) is 4.31. The van der Waals surface area contributed by atoms with Crippen molar-refractivity contribution in [2.45, 2.75) is 19.4 Å². The van der Waals surface area contributed by atoms with Crippen LogP contribution < -0.4 is 4.90 Å². The van der Waals surface area contributed by atoms with Crippen LogP contribution in [0.2, 0.25) is 5.15 Å². The van der Waals surface area contributed by atoms with E-state index in [4.69, 9.17) is 21.4 Å². The molecule has 17 heavy (non-hydrogen) atoms. The number of ether oxygens (including phenoxy) is 1. The van der Waals surface area contributed by atoms with Crippen LogP contribution in [0.4, 0.5) is 5.13 Å². The third-order valence-electron chi connectivity index (χ3n) is 2.73. The molecule has 1 aliphatic carbocycles. The molecule has 0 unspecified atom stereocenters. The Morgan fingerprint density at radius 2 is 2.35 bits per heavy atom. The number of anilines is 1. The van der Waals surface area contributed by atoms with Crippen LogP contribution in [0.5, 0.6) is 0 Å². The van der Waals surface area contributed by atoms with Crippen LogP contribution in [0.25, 0.3) is 0 Å². The molecule has 1 N–H and O–H groups in total. The molecular formula is C11H17ClN2O2S. The number of aliphatic hydroxyl groups is 1. The number of hydrogen-bond acceptors (Lipinski definition) is 5. The number of aromatic nitrogens is 1. The topological polar surface area (TPSA) is 45.6 Å². The Bertz CT molecular complexity index is 368. The first-order valence-electron chi connectivity index (χ1n) is 5.75. The highest BCUT2D eigenvalue weighted by Gasteiger charge is 2.21. The summed E-state index contributed by atoms with van der Waals surface area (Å²) in [4.78, 5) is 6.92. The molecule has 0 saturated heterocycles. The fourth-order valence-electron chi connectivity index (χ4n) is 1.41. The van der Waals surface area contributed by atoms with Gasteiger partial charge in [0.2, 0.25) is 0 Å². The number of aliphatic hydroxyl groups excluding tert-OH is 1. The van der Waals surface area contributed by atoms with Crippen LogP contribution in [-0.2, 0) is 11.3 Å². The van der Waals surface area contributed by atoms with Crippen molar-refractivity contribution in [3.05, 3.63) is 10.0 Å².